The van der Waals surface area contributed by atoms with Crippen molar-refractivity contribution in [1.82, 2.24) is 0 Å². The van der Waals surface area contributed by atoms with Crippen LogP contribution in [0.3, 0.4) is 0 Å². The van der Waals surface area contributed by atoms with Crippen molar-refractivity contribution in [1.29, 1.82) is 5.26 Å². The number of nitriles is 1. The number of methoxy groups -OCH3 is 1. The van der Waals surface area contributed by atoms with E-state index in [2.05, 4.69) is 0 Å². The smallest absolute Gasteiger partial charge is 0.416 e. The van der Waals surface area contributed by atoms with E-state index in [-0.39, 0.29) is 16.7 Å². The molecule has 0 aliphatic carbocycles. The first-order valence-corrected chi connectivity index (χ1v) is 6.83. The monoisotopic (exact) mass is 331 g/mol. The highest BCUT2D eigenvalue weighted by atomic mass is 19.4. The Hall–Kier alpha value is -3.07. The SMILES string of the molecule is COc1cccc(C(=O)C(C#N)=Cc2ccccc2C(F)(F)F)c1. The van der Waals surface area contributed by atoms with Gasteiger partial charge in [-0.05, 0) is 29.8 Å². The molecule has 2 aromatic rings. The number of allylic oxidation sites excluding steroid dienone is 1. The van der Waals surface area contributed by atoms with Crippen molar-refractivity contribution in [3.63, 3.8) is 0 Å². The summed E-state index contributed by atoms with van der Waals surface area (Å²) in [6.07, 6.45) is -3.63. The van der Waals surface area contributed by atoms with Crippen molar-refractivity contribution in [2.75, 3.05) is 7.11 Å². The van der Waals surface area contributed by atoms with Crippen molar-refractivity contribution in [3.8, 4) is 11.8 Å². The standard InChI is InChI=1S/C18H12F3NO2/c1-24-15-7-4-6-13(10-15)17(23)14(11-22)9-12-5-2-3-8-16(12)18(19,20)21/h2-10H,1H3. The quantitative estimate of drug-likeness (QED) is 0.471. The summed E-state index contributed by atoms with van der Waals surface area (Å²) < 4.78 is 44.0. The summed E-state index contributed by atoms with van der Waals surface area (Å²) in [5.41, 5.74) is -1.37. The maximum absolute atomic E-state index is 13.0. The van der Waals surface area contributed by atoms with Crippen molar-refractivity contribution < 1.29 is 22.7 Å². The second kappa shape index (κ2) is 7.01. The van der Waals surface area contributed by atoms with Gasteiger partial charge in [0.2, 0.25) is 5.78 Å². The molecule has 24 heavy (non-hydrogen) atoms. The molecule has 2 rings (SSSR count). The third-order valence-corrected chi connectivity index (χ3v) is 3.26. The molecule has 0 unspecified atom stereocenters. The maximum Gasteiger partial charge on any atom is 0.416 e. The number of hydrogen-bond acceptors (Lipinski definition) is 3. The molecule has 2 aromatic carbocycles. The number of ether oxygens (including phenoxy) is 1. The van der Waals surface area contributed by atoms with Crippen molar-refractivity contribution in [2.45, 2.75) is 6.18 Å². The lowest BCUT2D eigenvalue weighted by molar-refractivity contribution is -0.137. The van der Waals surface area contributed by atoms with Crippen LogP contribution in [-0.2, 0) is 6.18 Å². The molecule has 0 saturated heterocycles. The lowest BCUT2D eigenvalue weighted by Crippen LogP contribution is -2.08. The van der Waals surface area contributed by atoms with E-state index in [1.807, 2.05) is 0 Å². The van der Waals surface area contributed by atoms with Gasteiger partial charge in [0.1, 0.15) is 17.4 Å². The fourth-order valence-corrected chi connectivity index (χ4v) is 2.10. The van der Waals surface area contributed by atoms with Gasteiger partial charge in [0.15, 0.2) is 0 Å². The largest absolute Gasteiger partial charge is 0.497 e. The average molecular weight is 331 g/mol. The van der Waals surface area contributed by atoms with Gasteiger partial charge in [0.25, 0.3) is 0 Å². The average Bonchev–Trinajstić information content (AvgIpc) is 2.58. The molecule has 122 valence electrons. The van der Waals surface area contributed by atoms with Gasteiger partial charge in [-0.15, -0.1) is 0 Å². The maximum atomic E-state index is 13.0. The molecule has 0 heterocycles. The molecule has 0 N–H and O–H groups in total. The Morgan fingerprint density at radius 2 is 1.88 bits per heavy atom. The van der Waals surface area contributed by atoms with Gasteiger partial charge < -0.3 is 4.74 Å². The first-order chi connectivity index (χ1) is 11.4. The molecular weight excluding hydrogens is 319 g/mol. The van der Waals surface area contributed by atoms with Gasteiger partial charge in [-0.3, -0.25) is 4.79 Å². The van der Waals surface area contributed by atoms with Crippen LogP contribution in [0.15, 0.2) is 54.1 Å². The Morgan fingerprint density at radius 3 is 2.50 bits per heavy atom. The van der Waals surface area contributed by atoms with Crippen LogP contribution in [0.1, 0.15) is 21.5 Å². The second-order valence-corrected chi connectivity index (χ2v) is 4.82. The Labute approximate surface area is 136 Å². The lowest BCUT2D eigenvalue weighted by atomic mass is 9.99. The minimum atomic E-state index is -4.58. The van der Waals surface area contributed by atoms with Crippen molar-refractivity contribution >= 4 is 11.9 Å². The van der Waals surface area contributed by atoms with E-state index < -0.39 is 17.5 Å². The minimum Gasteiger partial charge on any atom is -0.497 e. The summed E-state index contributed by atoms with van der Waals surface area (Å²) >= 11 is 0. The zero-order valence-corrected chi connectivity index (χ0v) is 12.6. The summed E-state index contributed by atoms with van der Waals surface area (Å²) in [7, 11) is 1.42. The van der Waals surface area contributed by atoms with Gasteiger partial charge >= 0.3 is 6.18 Å². The van der Waals surface area contributed by atoms with Crippen LogP contribution in [0.2, 0.25) is 0 Å². The van der Waals surface area contributed by atoms with Crippen molar-refractivity contribution in [3.05, 3.63) is 70.8 Å². The molecule has 0 bridgehead atoms. The molecule has 0 radical (unpaired) electrons. The predicted molar refractivity (Wildman–Crippen MR) is 82.4 cm³/mol. The number of Topliss-reactive ketones (excluding diaryl/α,β-unsaturated/α-hetero) is 1. The number of ketones is 1. The van der Waals surface area contributed by atoms with Crippen molar-refractivity contribution in [2.24, 2.45) is 0 Å². The van der Waals surface area contributed by atoms with E-state index in [1.165, 1.54) is 37.4 Å². The third-order valence-electron chi connectivity index (χ3n) is 3.26. The van der Waals surface area contributed by atoms with Gasteiger partial charge in [0, 0.05) is 5.56 Å². The molecule has 0 aliphatic rings. The lowest BCUT2D eigenvalue weighted by Gasteiger charge is -2.10. The normalized spacial score (nSPS) is 11.7. The number of carbonyl (C=O) groups excluding carboxylic acids is 1. The van der Waals surface area contributed by atoms with Crippen LogP contribution in [0.4, 0.5) is 13.2 Å². The van der Waals surface area contributed by atoms with Crippen LogP contribution in [0.25, 0.3) is 6.08 Å². The minimum absolute atomic E-state index is 0.159. The number of carbonyl (C=O) groups is 1. The first-order valence-electron chi connectivity index (χ1n) is 6.83. The predicted octanol–water partition coefficient (Wildman–Crippen LogP) is 4.50. The van der Waals surface area contributed by atoms with Gasteiger partial charge in [-0.25, -0.2) is 0 Å². The number of alkyl halides is 3. The molecule has 0 fully saturated rings. The molecule has 3 nitrogen and oxygen atoms in total. The zero-order chi connectivity index (χ0) is 17.7. The van der Waals surface area contributed by atoms with Crippen LogP contribution in [-0.4, -0.2) is 12.9 Å². The number of benzene rings is 2. The number of nitrogens with zero attached hydrogens (tertiary/aromatic N) is 1. The number of hydrogen-bond donors (Lipinski definition) is 0. The Bertz CT molecular complexity index is 833. The highest BCUT2D eigenvalue weighted by Gasteiger charge is 2.32. The van der Waals surface area contributed by atoms with Gasteiger partial charge in [-0.2, -0.15) is 18.4 Å². The van der Waals surface area contributed by atoms with E-state index in [4.69, 9.17) is 4.74 Å². The topological polar surface area (TPSA) is 50.1 Å². The van der Waals surface area contributed by atoms with E-state index in [0.29, 0.717) is 5.75 Å². The van der Waals surface area contributed by atoms with Crippen LogP contribution in [0.5, 0.6) is 5.75 Å². The van der Waals surface area contributed by atoms with Crippen LogP contribution < -0.4 is 4.74 Å². The summed E-state index contributed by atoms with van der Waals surface area (Å²) in [5.74, 6) is -0.262. The number of halogens is 3. The molecule has 0 amide bonds. The van der Waals surface area contributed by atoms with Gasteiger partial charge in [0.05, 0.1) is 12.7 Å². The Balaban J connectivity index is 2.47. The third kappa shape index (κ3) is 3.82. The zero-order valence-electron chi connectivity index (χ0n) is 12.6. The highest BCUT2D eigenvalue weighted by Crippen LogP contribution is 2.33. The molecule has 6 heteroatoms. The molecule has 0 aromatic heterocycles. The molecule has 0 atom stereocenters. The summed E-state index contributed by atoms with van der Waals surface area (Å²) in [6, 6.07) is 12.5. The van der Waals surface area contributed by atoms with Crippen LogP contribution in [0, 0.1) is 11.3 Å². The van der Waals surface area contributed by atoms with E-state index in [0.717, 1.165) is 12.1 Å². The summed E-state index contributed by atoms with van der Waals surface area (Å²) in [6.45, 7) is 0. The Morgan fingerprint density at radius 1 is 1.17 bits per heavy atom. The molecule has 0 aliphatic heterocycles. The molecule has 0 spiro atoms. The fourth-order valence-electron chi connectivity index (χ4n) is 2.10. The Kier molecular flexibility index (Phi) is 5.05. The molecular formula is C18H12F3NO2. The highest BCUT2D eigenvalue weighted by molar-refractivity contribution is 6.14. The number of rotatable bonds is 4. The summed E-state index contributed by atoms with van der Waals surface area (Å²) in [5, 5.41) is 9.19. The van der Waals surface area contributed by atoms with E-state index >= 15 is 0 Å². The van der Waals surface area contributed by atoms with E-state index in [1.54, 1.807) is 18.2 Å². The van der Waals surface area contributed by atoms with Crippen LogP contribution >= 0.6 is 0 Å². The van der Waals surface area contributed by atoms with Gasteiger partial charge in [-0.1, -0.05) is 30.3 Å². The second-order valence-electron chi connectivity index (χ2n) is 4.82. The summed E-state index contributed by atoms with van der Waals surface area (Å²) in [4.78, 5) is 12.4. The first kappa shape index (κ1) is 17.3. The van der Waals surface area contributed by atoms with E-state index in [9.17, 15) is 23.2 Å². The molecule has 0 saturated carbocycles. The fraction of sp³-hybridized carbons (Fsp3) is 0.111.